The monoisotopic (exact) mass is 202 g/mol. The molecule has 0 bridgehead atoms. The maximum atomic E-state index is 10.7. The molecule has 1 aromatic rings. The van der Waals surface area contributed by atoms with Crippen molar-refractivity contribution in [3.05, 3.63) is 12.2 Å². The molecule has 0 fully saturated rings. The fraction of sp³-hybridized carbons (Fsp3) is 0.714. The molecule has 1 N–H and O–H groups in total. The van der Waals surface area contributed by atoms with Crippen molar-refractivity contribution in [1.82, 2.24) is 20.1 Å². The lowest BCUT2D eigenvalue weighted by Gasteiger charge is -2.01. The molecule has 0 radical (unpaired) electrons. The lowest BCUT2D eigenvalue weighted by molar-refractivity contribution is 0.628. The maximum Gasteiger partial charge on any atom is 0.140 e. The fourth-order valence-electron chi connectivity index (χ4n) is 0.896. The number of aryl methyl sites for hydroxylation is 1. The zero-order chi connectivity index (χ0) is 9.68. The van der Waals surface area contributed by atoms with E-state index in [1.165, 1.54) is 6.33 Å². The van der Waals surface area contributed by atoms with Crippen LogP contribution in [0.1, 0.15) is 5.82 Å². The van der Waals surface area contributed by atoms with Gasteiger partial charge < -0.3 is 5.32 Å². The summed E-state index contributed by atoms with van der Waals surface area (Å²) in [6.07, 6.45) is 3.22. The standard InChI is InChI=1S/C7H14N4OS/c1-11-7(9-6-10-11)5-8-3-4-13(2)12/h6,8H,3-5H2,1-2H3. The van der Waals surface area contributed by atoms with Crippen molar-refractivity contribution in [1.29, 1.82) is 0 Å². The Morgan fingerprint density at radius 2 is 2.46 bits per heavy atom. The number of hydrogen-bond donors (Lipinski definition) is 1. The van der Waals surface area contributed by atoms with Crippen LogP contribution in [0.2, 0.25) is 0 Å². The van der Waals surface area contributed by atoms with Gasteiger partial charge in [0.2, 0.25) is 0 Å². The number of hydrogen-bond acceptors (Lipinski definition) is 4. The second kappa shape index (κ2) is 5.08. The van der Waals surface area contributed by atoms with E-state index in [0.717, 1.165) is 12.4 Å². The van der Waals surface area contributed by atoms with Crippen LogP contribution >= 0.6 is 0 Å². The van der Waals surface area contributed by atoms with Crippen molar-refractivity contribution in [2.24, 2.45) is 7.05 Å². The van der Waals surface area contributed by atoms with E-state index in [2.05, 4.69) is 15.4 Å². The Morgan fingerprint density at radius 1 is 1.69 bits per heavy atom. The van der Waals surface area contributed by atoms with Crippen LogP contribution in [0.25, 0.3) is 0 Å². The first-order valence-electron chi connectivity index (χ1n) is 4.04. The van der Waals surface area contributed by atoms with E-state index in [4.69, 9.17) is 0 Å². The van der Waals surface area contributed by atoms with E-state index in [9.17, 15) is 4.21 Å². The van der Waals surface area contributed by atoms with Crippen molar-refractivity contribution >= 4 is 10.8 Å². The van der Waals surface area contributed by atoms with Gasteiger partial charge in [0.1, 0.15) is 12.2 Å². The molecule has 0 aliphatic rings. The summed E-state index contributed by atoms with van der Waals surface area (Å²) in [5.41, 5.74) is 0. The van der Waals surface area contributed by atoms with Crippen molar-refractivity contribution < 1.29 is 4.21 Å². The van der Waals surface area contributed by atoms with Crippen LogP contribution in [-0.2, 0) is 24.4 Å². The van der Waals surface area contributed by atoms with Crippen molar-refractivity contribution in [3.8, 4) is 0 Å². The first kappa shape index (κ1) is 10.3. The van der Waals surface area contributed by atoms with Gasteiger partial charge in [-0.3, -0.25) is 8.89 Å². The van der Waals surface area contributed by atoms with Gasteiger partial charge in [-0.05, 0) is 0 Å². The third kappa shape index (κ3) is 3.65. The van der Waals surface area contributed by atoms with Gasteiger partial charge in [0.05, 0.1) is 6.54 Å². The minimum absolute atomic E-state index is 0.674. The SMILES string of the molecule is Cn1ncnc1CNCCS(C)=O. The summed E-state index contributed by atoms with van der Waals surface area (Å²) in [4.78, 5) is 4.05. The molecule has 0 saturated carbocycles. The van der Waals surface area contributed by atoms with Gasteiger partial charge in [0, 0.05) is 36.4 Å². The van der Waals surface area contributed by atoms with Crippen LogP contribution in [-0.4, -0.2) is 37.5 Å². The topological polar surface area (TPSA) is 59.8 Å². The fourth-order valence-corrected chi connectivity index (χ4v) is 1.33. The highest BCUT2D eigenvalue weighted by Gasteiger charge is 1.98. The summed E-state index contributed by atoms with van der Waals surface area (Å²) in [5, 5.41) is 7.08. The molecular formula is C7H14N4OS. The first-order chi connectivity index (χ1) is 6.20. The number of nitrogens with one attached hydrogen (secondary N) is 1. The highest BCUT2D eigenvalue weighted by atomic mass is 32.2. The van der Waals surface area contributed by atoms with Crippen molar-refractivity contribution in [2.75, 3.05) is 18.6 Å². The van der Waals surface area contributed by atoms with Gasteiger partial charge in [-0.2, -0.15) is 5.10 Å². The highest BCUT2D eigenvalue weighted by Crippen LogP contribution is 1.88. The number of rotatable bonds is 5. The molecule has 0 aliphatic carbocycles. The number of nitrogens with zero attached hydrogens (tertiary/aromatic N) is 3. The molecule has 1 rings (SSSR count). The molecule has 13 heavy (non-hydrogen) atoms. The lowest BCUT2D eigenvalue weighted by Crippen LogP contribution is -2.21. The number of aromatic nitrogens is 3. The Hall–Kier alpha value is -0.750. The van der Waals surface area contributed by atoms with Gasteiger partial charge in [-0.15, -0.1) is 0 Å². The molecule has 1 unspecified atom stereocenters. The van der Waals surface area contributed by atoms with E-state index in [-0.39, 0.29) is 0 Å². The molecule has 1 atom stereocenters. The van der Waals surface area contributed by atoms with Crippen molar-refractivity contribution in [2.45, 2.75) is 6.54 Å². The third-order valence-corrected chi connectivity index (χ3v) is 2.43. The quantitative estimate of drug-likeness (QED) is 0.640. The predicted octanol–water partition coefficient (Wildman–Crippen LogP) is -0.717. The average Bonchev–Trinajstić information content (AvgIpc) is 2.45. The third-order valence-electron chi connectivity index (χ3n) is 1.65. The molecule has 0 aromatic carbocycles. The van der Waals surface area contributed by atoms with E-state index in [1.54, 1.807) is 10.9 Å². The average molecular weight is 202 g/mol. The molecule has 0 saturated heterocycles. The Bertz CT molecular complexity index is 286. The summed E-state index contributed by atoms with van der Waals surface area (Å²) in [6.45, 7) is 1.42. The molecule has 74 valence electrons. The Kier molecular flexibility index (Phi) is 4.04. The highest BCUT2D eigenvalue weighted by molar-refractivity contribution is 7.84. The van der Waals surface area contributed by atoms with Crippen LogP contribution in [0, 0.1) is 0 Å². The summed E-state index contributed by atoms with van der Waals surface area (Å²) in [5.74, 6) is 1.57. The summed E-state index contributed by atoms with van der Waals surface area (Å²) in [6, 6.07) is 0. The largest absolute Gasteiger partial charge is 0.309 e. The van der Waals surface area contributed by atoms with Gasteiger partial charge in [-0.25, -0.2) is 4.98 Å². The van der Waals surface area contributed by atoms with Crippen LogP contribution in [0.5, 0.6) is 0 Å². The van der Waals surface area contributed by atoms with Crippen molar-refractivity contribution in [3.63, 3.8) is 0 Å². The van der Waals surface area contributed by atoms with Crippen LogP contribution in [0.3, 0.4) is 0 Å². The zero-order valence-electron chi connectivity index (χ0n) is 7.86. The Labute approximate surface area is 80.0 Å². The first-order valence-corrected chi connectivity index (χ1v) is 5.76. The summed E-state index contributed by atoms with van der Waals surface area (Å²) < 4.78 is 12.4. The molecule has 5 nitrogen and oxygen atoms in total. The summed E-state index contributed by atoms with van der Waals surface area (Å²) in [7, 11) is 1.12. The second-order valence-corrected chi connectivity index (χ2v) is 4.31. The van der Waals surface area contributed by atoms with Gasteiger partial charge in [0.15, 0.2) is 0 Å². The smallest absolute Gasteiger partial charge is 0.140 e. The minimum atomic E-state index is -0.725. The lowest BCUT2D eigenvalue weighted by atomic mass is 10.5. The van der Waals surface area contributed by atoms with Gasteiger partial charge in [-0.1, -0.05) is 0 Å². The minimum Gasteiger partial charge on any atom is -0.309 e. The van der Waals surface area contributed by atoms with Crippen LogP contribution < -0.4 is 5.32 Å². The Balaban J connectivity index is 2.20. The van der Waals surface area contributed by atoms with Gasteiger partial charge >= 0.3 is 0 Å². The van der Waals surface area contributed by atoms with E-state index < -0.39 is 10.8 Å². The Morgan fingerprint density at radius 3 is 3.00 bits per heavy atom. The summed E-state index contributed by atoms with van der Waals surface area (Å²) >= 11 is 0. The molecular weight excluding hydrogens is 188 g/mol. The molecule has 0 amide bonds. The second-order valence-electron chi connectivity index (χ2n) is 2.75. The van der Waals surface area contributed by atoms with E-state index >= 15 is 0 Å². The normalized spacial score (nSPS) is 13.1. The van der Waals surface area contributed by atoms with E-state index in [0.29, 0.717) is 12.3 Å². The van der Waals surface area contributed by atoms with Gasteiger partial charge in [0.25, 0.3) is 0 Å². The van der Waals surface area contributed by atoms with E-state index in [1.807, 2.05) is 7.05 Å². The molecule has 6 heteroatoms. The zero-order valence-corrected chi connectivity index (χ0v) is 8.67. The molecule has 1 aromatic heterocycles. The molecule has 1 heterocycles. The molecule has 0 aliphatic heterocycles. The maximum absolute atomic E-state index is 10.7. The predicted molar refractivity (Wildman–Crippen MR) is 51.6 cm³/mol. The molecule has 0 spiro atoms. The van der Waals surface area contributed by atoms with Crippen LogP contribution in [0.4, 0.5) is 0 Å². The van der Waals surface area contributed by atoms with Crippen LogP contribution in [0.15, 0.2) is 6.33 Å².